The smallest absolute Gasteiger partial charge is 0.337 e. The van der Waals surface area contributed by atoms with Gasteiger partial charge in [-0.1, -0.05) is 18.7 Å². The van der Waals surface area contributed by atoms with Crippen molar-refractivity contribution in [3.63, 3.8) is 0 Å². The lowest BCUT2D eigenvalue weighted by molar-refractivity contribution is -0.133. The van der Waals surface area contributed by atoms with E-state index in [1.165, 1.54) is 7.11 Å². The Labute approximate surface area is 101 Å². The molecule has 92 valence electrons. The SMILES string of the molecule is C=C(C(=O)OC)c1ccc(OCCCN)cc1. The van der Waals surface area contributed by atoms with Crippen LogP contribution >= 0.6 is 0 Å². The van der Waals surface area contributed by atoms with Gasteiger partial charge in [-0.25, -0.2) is 4.79 Å². The van der Waals surface area contributed by atoms with Gasteiger partial charge in [0.25, 0.3) is 0 Å². The Morgan fingerprint density at radius 1 is 1.35 bits per heavy atom. The number of nitrogens with two attached hydrogens (primary N) is 1. The second-order valence-electron chi connectivity index (χ2n) is 3.49. The first-order valence-corrected chi connectivity index (χ1v) is 5.39. The van der Waals surface area contributed by atoms with Crippen molar-refractivity contribution in [3.8, 4) is 5.75 Å². The van der Waals surface area contributed by atoms with E-state index in [4.69, 9.17) is 10.5 Å². The molecule has 0 amide bonds. The van der Waals surface area contributed by atoms with Crippen LogP contribution in [0.1, 0.15) is 12.0 Å². The molecule has 0 unspecified atom stereocenters. The van der Waals surface area contributed by atoms with Crippen molar-refractivity contribution in [2.75, 3.05) is 20.3 Å². The lowest BCUT2D eigenvalue weighted by Gasteiger charge is -2.07. The van der Waals surface area contributed by atoms with Crippen molar-refractivity contribution in [3.05, 3.63) is 36.4 Å². The van der Waals surface area contributed by atoms with E-state index >= 15 is 0 Å². The maximum atomic E-state index is 11.2. The number of rotatable bonds is 6. The molecule has 4 nitrogen and oxygen atoms in total. The number of ether oxygens (including phenoxy) is 2. The Bertz CT molecular complexity index is 384. The molecule has 1 aromatic rings. The van der Waals surface area contributed by atoms with Gasteiger partial charge in [0, 0.05) is 0 Å². The summed E-state index contributed by atoms with van der Waals surface area (Å²) in [6, 6.07) is 7.13. The fourth-order valence-corrected chi connectivity index (χ4v) is 1.27. The van der Waals surface area contributed by atoms with Crippen molar-refractivity contribution < 1.29 is 14.3 Å². The third-order valence-corrected chi connectivity index (χ3v) is 2.25. The first-order chi connectivity index (χ1) is 8.19. The molecular weight excluding hydrogens is 218 g/mol. The summed E-state index contributed by atoms with van der Waals surface area (Å²) in [4.78, 5) is 11.2. The van der Waals surface area contributed by atoms with Gasteiger partial charge in [0.1, 0.15) is 5.75 Å². The van der Waals surface area contributed by atoms with Gasteiger partial charge in [0.2, 0.25) is 0 Å². The van der Waals surface area contributed by atoms with Crippen LogP contribution in [-0.4, -0.2) is 26.2 Å². The van der Waals surface area contributed by atoms with Gasteiger partial charge >= 0.3 is 5.97 Å². The maximum Gasteiger partial charge on any atom is 0.337 e. The zero-order chi connectivity index (χ0) is 12.7. The molecule has 4 heteroatoms. The van der Waals surface area contributed by atoms with Crippen LogP contribution in [-0.2, 0) is 9.53 Å². The summed E-state index contributed by atoms with van der Waals surface area (Å²) in [5.74, 6) is 0.321. The molecule has 0 fully saturated rings. The van der Waals surface area contributed by atoms with E-state index < -0.39 is 5.97 Å². The van der Waals surface area contributed by atoms with Gasteiger partial charge in [-0.3, -0.25) is 0 Å². The minimum Gasteiger partial charge on any atom is -0.494 e. The van der Waals surface area contributed by atoms with Crippen molar-refractivity contribution in [2.24, 2.45) is 5.73 Å². The van der Waals surface area contributed by atoms with E-state index in [-0.39, 0.29) is 0 Å². The Kier molecular flexibility index (Phi) is 5.23. The summed E-state index contributed by atoms with van der Waals surface area (Å²) in [5.41, 5.74) is 6.42. The van der Waals surface area contributed by atoms with Gasteiger partial charge in [0.05, 0.1) is 19.3 Å². The molecule has 0 spiro atoms. The standard InChI is InChI=1S/C13H17NO3/c1-10(13(15)16-2)11-4-6-12(7-5-11)17-9-3-8-14/h4-7H,1,3,8-9,14H2,2H3. The molecule has 0 radical (unpaired) electrons. The minimum absolute atomic E-state index is 0.334. The van der Waals surface area contributed by atoms with Crippen molar-refractivity contribution in [1.29, 1.82) is 0 Å². The summed E-state index contributed by atoms with van der Waals surface area (Å²) >= 11 is 0. The van der Waals surface area contributed by atoms with Crippen LogP contribution in [0.5, 0.6) is 5.75 Å². The Hall–Kier alpha value is -1.81. The van der Waals surface area contributed by atoms with Crippen LogP contribution in [0.15, 0.2) is 30.8 Å². The Morgan fingerprint density at radius 2 is 2.00 bits per heavy atom. The molecule has 1 aromatic carbocycles. The van der Waals surface area contributed by atoms with Crippen LogP contribution in [0.2, 0.25) is 0 Å². The summed E-state index contributed by atoms with van der Waals surface area (Å²) in [6.45, 7) is 4.87. The predicted molar refractivity (Wildman–Crippen MR) is 66.7 cm³/mol. The first-order valence-electron chi connectivity index (χ1n) is 5.39. The van der Waals surface area contributed by atoms with Crippen LogP contribution in [0.4, 0.5) is 0 Å². The van der Waals surface area contributed by atoms with Crippen molar-refractivity contribution in [2.45, 2.75) is 6.42 Å². The molecule has 0 saturated heterocycles. The first kappa shape index (κ1) is 13.3. The van der Waals surface area contributed by atoms with E-state index in [0.717, 1.165) is 17.7 Å². The van der Waals surface area contributed by atoms with Crippen LogP contribution in [0.25, 0.3) is 5.57 Å². The van der Waals surface area contributed by atoms with Gasteiger partial charge < -0.3 is 15.2 Å². The normalized spacial score (nSPS) is 9.76. The zero-order valence-electron chi connectivity index (χ0n) is 9.94. The number of benzene rings is 1. The molecule has 0 aliphatic rings. The number of methoxy groups -OCH3 is 1. The average Bonchev–Trinajstić information content (AvgIpc) is 2.38. The van der Waals surface area contributed by atoms with E-state index in [2.05, 4.69) is 11.3 Å². The van der Waals surface area contributed by atoms with Crippen LogP contribution < -0.4 is 10.5 Å². The third kappa shape index (κ3) is 3.92. The molecule has 0 atom stereocenters. The van der Waals surface area contributed by atoms with E-state index in [9.17, 15) is 4.79 Å². The van der Waals surface area contributed by atoms with Crippen molar-refractivity contribution in [1.82, 2.24) is 0 Å². The number of carbonyl (C=O) groups excluding carboxylic acids is 1. The molecule has 0 aliphatic carbocycles. The average molecular weight is 235 g/mol. The minimum atomic E-state index is -0.429. The van der Waals surface area contributed by atoms with Gasteiger partial charge in [-0.15, -0.1) is 0 Å². The van der Waals surface area contributed by atoms with E-state index in [1.54, 1.807) is 24.3 Å². The fourth-order valence-electron chi connectivity index (χ4n) is 1.27. The van der Waals surface area contributed by atoms with Crippen LogP contribution in [0, 0.1) is 0 Å². The topological polar surface area (TPSA) is 61.5 Å². The molecular formula is C13H17NO3. The van der Waals surface area contributed by atoms with Gasteiger partial charge in [-0.2, -0.15) is 0 Å². The number of carbonyl (C=O) groups is 1. The summed E-state index contributed by atoms with van der Waals surface area (Å²) in [5, 5.41) is 0. The second kappa shape index (κ2) is 6.70. The highest BCUT2D eigenvalue weighted by Gasteiger charge is 2.08. The quantitative estimate of drug-likeness (QED) is 0.462. The molecule has 2 N–H and O–H groups in total. The summed E-state index contributed by atoms with van der Waals surface area (Å²) < 4.78 is 10.0. The second-order valence-corrected chi connectivity index (χ2v) is 3.49. The predicted octanol–water partition coefficient (Wildman–Crippen LogP) is 1.60. The zero-order valence-corrected chi connectivity index (χ0v) is 9.94. The van der Waals surface area contributed by atoms with Gasteiger partial charge in [0.15, 0.2) is 0 Å². The largest absolute Gasteiger partial charge is 0.494 e. The Balaban J connectivity index is 2.61. The van der Waals surface area contributed by atoms with E-state index in [1.807, 2.05) is 0 Å². The lowest BCUT2D eigenvalue weighted by Crippen LogP contribution is -2.06. The van der Waals surface area contributed by atoms with E-state index in [0.29, 0.717) is 18.7 Å². The summed E-state index contributed by atoms with van der Waals surface area (Å²) in [7, 11) is 1.33. The molecule has 17 heavy (non-hydrogen) atoms. The number of hydrogen-bond acceptors (Lipinski definition) is 4. The molecule has 1 rings (SSSR count). The monoisotopic (exact) mass is 235 g/mol. The van der Waals surface area contributed by atoms with Gasteiger partial charge in [-0.05, 0) is 30.7 Å². The lowest BCUT2D eigenvalue weighted by atomic mass is 10.1. The highest BCUT2D eigenvalue weighted by atomic mass is 16.5. The molecule has 0 aromatic heterocycles. The maximum absolute atomic E-state index is 11.2. The van der Waals surface area contributed by atoms with Crippen LogP contribution in [0.3, 0.4) is 0 Å². The summed E-state index contributed by atoms with van der Waals surface area (Å²) in [6.07, 6.45) is 0.816. The molecule has 0 bridgehead atoms. The number of hydrogen-bond donors (Lipinski definition) is 1. The molecule has 0 saturated carbocycles. The van der Waals surface area contributed by atoms with Crippen molar-refractivity contribution >= 4 is 11.5 Å². The third-order valence-electron chi connectivity index (χ3n) is 2.25. The molecule has 0 aliphatic heterocycles. The number of esters is 1. The fraction of sp³-hybridized carbons (Fsp3) is 0.308. The molecule has 0 heterocycles. The highest BCUT2D eigenvalue weighted by molar-refractivity contribution is 6.15. The highest BCUT2D eigenvalue weighted by Crippen LogP contribution is 2.18. The Morgan fingerprint density at radius 3 is 2.53 bits per heavy atom.